The molecule has 0 saturated carbocycles. The number of rotatable bonds is 0. The van der Waals surface area contributed by atoms with Gasteiger partial charge in [-0.15, -0.1) is 0 Å². The molecule has 0 atom stereocenters. The smallest absolute Gasteiger partial charge is 0.182 e. The lowest BCUT2D eigenvalue weighted by atomic mass is 9.87. The molecular weight excluding hydrogens is 242 g/mol. The standard InChI is InChI=1S/C11H12BrNO/c1-11(2,3)7-4-8(12)10-9(5-7)13-6-14-10/h4-6H,1-3H3. The van der Waals surface area contributed by atoms with Crippen LogP contribution in [0.15, 0.2) is 27.4 Å². The van der Waals surface area contributed by atoms with Crippen molar-refractivity contribution in [2.75, 3.05) is 0 Å². The van der Waals surface area contributed by atoms with E-state index in [1.165, 1.54) is 12.0 Å². The van der Waals surface area contributed by atoms with Crippen LogP contribution in [-0.2, 0) is 5.41 Å². The van der Waals surface area contributed by atoms with E-state index < -0.39 is 0 Å². The third-order valence-electron chi connectivity index (χ3n) is 2.25. The van der Waals surface area contributed by atoms with Crippen molar-refractivity contribution in [1.82, 2.24) is 4.98 Å². The largest absolute Gasteiger partial charge is 0.442 e. The monoisotopic (exact) mass is 253 g/mol. The Morgan fingerprint density at radius 2 is 2.00 bits per heavy atom. The van der Waals surface area contributed by atoms with Crippen LogP contribution in [-0.4, -0.2) is 4.98 Å². The van der Waals surface area contributed by atoms with E-state index in [1.54, 1.807) is 0 Å². The topological polar surface area (TPSA) is 26.0 Å². The summed E-state index contributed by atoms with van der Waals surface area (Å²) in [5, 5.41) is 0. The van der Waals surface area contributed by atoms with E-state index in [1.807, 2.05) is 0 Å². The summed E-state index contributed by atoms with van der Waals surface area (Å²) in [7, 11) is 0. The van der Waals surface area contributed by atoms with E-state index in [-0.39, 0.29) is 5.41 Å². The molecule has 0 aliphatic heterocycles. The van der Waals surface area contributed by atoms with Crippen molar-refractivity contribution in [2.45, 2.75) is 26.2 Å². The highest BCUT2D eigenvalue weighted by Crippen LogP contribution is 2.31. The van der Waals surface area contributed by atoms with Crippen molar-refractivity contribution in [1.29, 1.82) is 0 Å². The first-order chi connectivity index (χ1) is 6.48. The zero-order chi connectivity index (χ0) is 10.3. The van der Waals surface area contributed by atoms with Gasteiger partial charge in [0.05, 0.1) is 4.47 Å². The normalized spacial score (nSPS) is 12.3. The van der Waals surface area contributed by atoms with Crippen molar-refractivity contribution in [3.63, 3.8) is 0 Å². The molecule has 74 valence electrons. The van der Waals surface area contributed by atoms with Crippen LogP contribution in [0, 0.1) is 0 Å². The van der Waals surface area contributed by atoms with Gasteiger partial charge in [-0.05, 0) is 39.0 Å². The molecule has 0 fully saturated rings. The molecule has 2 rings (SSSR count). The number of oxazole rings is 1. The fraction of sp³-hybridized carbons (Fsp3) is 0.364. The molecule has 0 aliphatic carbocycles. The maximum atomic E-state index is 5.26. The highest BCUT2D eigenvalue weighted by Gasteiger charge is 2.16. The van der Waals surface area contributed by atoms with Crippen molar-refractivity contribution in [3.8, 4) is 0 Å². The summed E-state index contributed by atoms with van der Waals surface area (Å²) in [6, 6.07) is 4.16. The highest BCUT2D eigenvalue weighted by molar-refractivity contribution is 9.10. The van der Waals surface area contributed by atoms with Gasteiger partial charge in [0.15, 0.2) is 12.0 Å². The van der Waals surface area contributed by atoms with Gasteiger partial charge in [-0.1, -0.05) is 20.8 Å². The number of hydrogen-bond donors (Lipinski definition) is 0. The summed E-state index contributed by atoms with van der Waals surface area (Å²) in [5.41, 5.74) is 3.11. The molecule has 0 spiro atoms. The van der Waals surface area contributed by atoms with Gasteiger partial charge < -0.3 is 4.42 Å². The summed E-state index contributed by atoms with van der Waals surface area (Å²) in [4.78, 5) is 4.16. The van der Waals surface area contributed by atoms with Crippen molar-refractivity contribution >= 4 is 27.0 Å². The molecule has 3 heteroatoms. The molecule has 0 amide bonds. The number of hydrogen-bond acceptors (Lipinski definition) is 2. The average Bonchev–Trinajstić information content (AvgIpc) is 2.50. The van der Waals surface area contributed by atoms with Crippen LogP contribution in [0.25, 0.3) is 11.1 Å². The van der Waals surface area contributed by atoms with Gasteiger partial charge in [0.25, 0.3) is 0 Å². The third-order valence-corrected chi connectivity index (χ3v) is 2.84. The maximum Gasteiger partial charge on any atom is 0.182 e. The van der Waals surface area contributed by atoms with Crippen LogP contribution in [0.3, 0.4) is 0 Å². The molecule has 0 N–H and O–H groups in total. The zero-order valence-electron chi connectivity index (χ0n) is 8.47. The van der Waals surface area contributed by atoms with E-state index in [0.717, 1.165) is 15.6 Å². The number of halogens is 1. The van der Waals surface area contributed by atoms with E-state index in [2.05, 4.69) is 53.8 Å². The van der Waals surface area contributed by atoms with Gasteiger partial charge in [-0.3, -0.25) is 0 Å². The first-order valence-electron chi connectivity index (χ1n) is 4.52. The van der Waals surface area contributed by atoms with E-state index in [4.69, 9.17) is 4.42 Å². The van der Waals surface area contributed by atoms with Gasteiger partial charge in [0.2, 0.25) is 0 Å². The molecule has 2 nitrogen and oxygen atoms in total. The summed E-state index contributed by atoms with van der Waals surface area (Å²) < 4.78 is 6.23. The second kappa shape index (κ2) is 3.09. The van der Waals surface area contributed by atoms with Crippen LogP contribution in [0.4, 0.5) is 0 Å². The zero-order valence-corrected chi connectivity index (χ0v) is 10.1. The van der Waals surface area contributed by atoms with Crippen molar-refractivity contribution in [3.05, 3.63) is 28.6 Å². The summed E-state index contributed by atoms with van der Waals surface area (Å²) >= 11 is 3.49. The quantitative estimate of drug-likeness (QED) is 0.712. The molecule has 0 saturated heterocycles. The summed E-state index contributed by atoms with van der Waals surface area (Å²) in [6.07, 6.45) is 1.47. The lowest BCUT2D eigenvalue weighted by molar-refractivity contribution is 0.587. The summed E-state index contributed by atoms with van der Waals surface area (Å²) in [5.74, 6) is 0. The first kappa shape index (κ1) is 9.71. The molecule has 1 heterocycles. The van der Waals surface area contributed by atoms with E-state index in [9.17, 15) is 0 Å². The fourth-order valence-corrected chi connectivity index (χ4v) is 1.90. The minimum absolute atomic E-state index is 0.135. The maximum absolute atomic E-state index is 5.26. The van der Waals surface area contributed by atoms with Gasteiger partial charge >= 0.3 is 0 Å². The molecule has 2 aromatic rings. The molecule has 0 radical (unpaired) electrons. The Kier molecular flexibility index (Phi) is 2.14. The van der Waals surface area contributed by atoms with Crippen molar-refractivity contribution in [2.24, 2.45) is 0 Å². The number of fused-ring (bicyclic) bond motifs is 1. The number of aromatic nitrogens is 1. The average molecular weight is 254 g/mol. The van der Waals surface area contributed by atoms with Crippen LogP contribution < -0.4 is 0 Å². The van der Waals surface area contributed by atoms with Crippen LogP contribution in [0.1, 0.15) is 26.3 Å². The van der Waals surface area contributed by atoms with E-state index >= 15 is 0 Å². The molecule has 0 aliphatic rings. The van der Waals surface area contributed by atoms with Gasteiger partial charge in [0, 0.05) is 0 Å². The highest BCUT2D eigenvalue weighted by atomic mass is 79.9. The molecule has 14 heavy (non-hydrogen) atoms. The lowest BCUT2D eigenvalue weighted by Crippen LogP contribution is -2.10. The molecular formula is C11H12BrNO. The minimum atomic E-state index is 0.135. The second-order valence-corrected chi connectivity index (χ2v) is 5.26. The molecule has 0 unspecified atom stereocenters. The Morgan fingerprint density at radius 3 is 2.64 bits per heavy atom. The predicted octanol–water partition coefficient (Wildman–Crippen LogP) is 3.89. The van der Waals surface area contributed by atoms with Crippen LogP contribution in [0.2, 0.25) is 0 Å². The van der Waals surface area contributed by atoms with Gasteiger partial charge in [0.1, 0.15) is 5.52 Å². The third kappa shape index (κ3) is 1.57. The van der Waals surface area contributed by atoms with Gasteiger partial charge in [-0.2, -0.15) is 0 Å². The lowest BCUT2D eigenvalue weighted by Gasteiger charge is -2.18. The Labute approximate surface area is 91.5 Å². The fourth-order valence-electron chi connectivity index (χ4n) is 1.36. The Hall–Kier alpha value is -0.830. The Morgan fingerprint density at radius 1 is 1.29 bits per heavy atom. The van der Waals surface area contributed by atoms with E-state index in [0.29, 0.717) is 0 Å². The van der Waals surface area contributed by atoms with Gasteiger partial charge in [-0.25, -0.2) is 4.98 Å². The first-order valence-corrected chi connectivity index (χ1v) is 5.31. The molecule has 1 aromatic heterocycles. The predicted molar refractivity (Wildman–Crippen MR) is 60.4 cm³/mol. The SMILES string of the molecule is CC(C)(C)c1cc(Br)c2ocnc2c1. The second-order valence-electron chi connectivity index (χ2n) is 4.41. The molecule has 0 bridgehead atoms. The Bertz CT molecular complexity index is 468. The van der Waals surface area contributed by atoms with Crippen molar-refractivity contribution < 1.29 is 4.42 Å². The number of benzene rings is 1. The van der Waals surface area contributed by atoms with Crippen LogP contribution in [0.5, 0.6) is 0 Å². The van der Waals surface area contributed by atoms with Crippen LogP contribution >= 0.6 is 15.9 Å². The number of nitrogens with zero attached hydrogens (tertiary/aromatic N) is 1. The molecule has 1 aromatic carbocycles. The minimum Gasteiger partial charge on any atom is -0.442 e. The summed E-state index contributed by atoms with van der Waals surface area (Å²) in [6.45, 7) is 6.54. The Balaban J connectivity index is 2.70.